The largest absolute Gasteiger partial charge is 0.398 e. The summed E-state index contributed by atoms with van der Waals surface area (Å²) in [4.78, 5) is 14.9. The molecule has 0 saturated carbocycles. The zero-order chi connectivity index (χ0) is 19.7. The van der Waals surface area contributed by atoms with Crippen LogP contribution in [0.2, 0.25) is 0 Å². The van der Waals surface area contributed by atoms with E-state index < -0.39 is 0 Å². The van der Waals surface area contributed by atoms with Crippen LogP contribution in [0.15, 0.2) is 48.5 Å². The number of nitrogen functional groups attached to an aromatic ring is 1. The monoisotopic (exact) mass is 375 g/mol. The van der Waals surface area contributed by atoms with E-state index in [-0.39, 0.29) is 12.5 Å². The molecule has 0 aliphatic carbocycles. The molecule has 6 nitrogen and oxygen atoms in total. The highest BCUT2D eigenvalue weighted by Gasteiger charge is 2.21. The molecule has 0 atom stereocenters. The Morgan fingerprint density at radius 3 is 2.75 bits per heavy atom. The van der Waals surface area contributed by atoms with Gasteiger partial charge in [-0.1, -0.05) is 23.8 Å². The van der Waals surface area contributed by atoms with Gasteiger partial charge in [0, 0.05) is 24.0 Å². The number of nitrogens with two attached hydrogens (primary N) is 1. The van der Waals surface area contributed by atoms with Crippen LogP contribution in [-0.4, -0.2) is 28.8 Å². The Bertz CT molecular complexity index is 1010. The summed E-state index contributed by atoms with van der Waals surface area (Å²) >= 11 is 0. The second-order valence-electron chi connectivity index (χ2n) is 7.34. The first-order chi connectivity index (χ1) is 13.5. The molecule has 4 rings (SSSR count). The maximum Gasteiger partial charge on any atom is 0.245 e. The van der Waals surface area contributed by atoms with E-state index in [9.17, 15) is 4.79 Å². The number of benzene rings is 2. The number of anilines is 3. The molecule has 3 aromatic rings. The van der Waals surface area contributed by atoms with Gasteiger partial charge in [0.2, 0.25) is 5.91 Å². The van der Waals surface area contributed by atoms with Crippen LogP contribution in [0.4, 0.5) is 17.2 Å². The fourth-order valence-corrected chi connectivity index (χ4v) is 3.72. The molecule has 0 bridgehead atoms. The molecule has 0 unspecified atom stereocenters. The van der Waals surface area contributed by atoms with Gasteiger partial charge in [-0.3, -0.25) is 4.79 Å². The fourth-order valence-electron chi connectivity index (χ4n) is 3.72. The molecule has 3 N–H and O–H groups in total. The van der Waals surface area contributed by atoms with E-state index >= 15 is 0 Å². The highest BCUT2D eigenvalue weighted by molar-refractivity contribution is 5.94. The van der Waals surface area contributed by atoms with Crippen LogP contribution in [0.3, 0.4) is 0 Å². The number of hydrogen-bond acceptors (Lipinski definition) is 4. The molecule has 28 heavy (non-hydrogen) atoms. The Kier molecular flexibility index (Phi) is 4.77. The van der Waals surface area contributed by atoms with Gasteiger partial charge in [-0.05, 0) is 56.5 Å². The lowest BCUT2D eigenvalue weighted by Crippen LogP contribution is -2.37. The predicted molar refractivity (Wildman–Crippen MR) is 113 cm³/mol. The quantitative estimate of drug-likeness (QED) is 0.685. The molecule has 1 aromatic heterocycles. The number of fused-ring (bicyclic) bond motifs is 1. The molecular formula is C22H25N5O. The Hall–Kier alpha value is -3.28. The second kappa shape index (κ2) is 7.38. The highest BCUT2D eigenvalue weighted by atomic mass is 16.2. The van der Waals surface area contributed by atoms with Crippen molar-refractivity contribution in [2.24, 2.45) is 0 Å². The number of nitrogens with one attached hydrogen (secondary N) is 1. The van der Waals surface area contributed by atoms with E-state index in [4.69, 9.17) is 5.73 Å². The van der Waals surface area contributed by atoms with Crippen LogP contribution in [-0.2, 0) is 11.2 Å². The maximum absolute atomic E-state index is 12.8. The minimum absolute atomic E-state index is 0.0662. The van der Waals surface area contributed by atoms with Crippen LogP contribution in [0.5, 0.6) is 0 Å². The van der Waals surface area contributed by atoms with Gasteiger partial charge in [0.25, 0.3) is 0 Å². The van der Waals surface area contributed by atoms with E-state index in [1.165, 1.54) is 5.56 Å². The van der Waals surface area contributed by atoms with Crippen molar-refractivity contribution in [3.05, 3.63) is 65.4 Å². The van der Waals surface area contributed by atoms with E-state index in [1.54, 1.807) is 4.68 Å². The molecule has 0 radical (unpaired) electrons. The van der Waals surface area contributed by atoms with Gasteiger partial charge in [0.15, 0.2) is 0 Å². The lowest BCUT2D eigenvalue weighted by molar-refractivity contribution is -0.115. The zero-order valence-electron chi connectivity index (χ0n) is 16.3. The number of hydrogen-bond donors (Lipinski definition) is 2. The normalized spacial score (nSPS) is 13.3. The number of carbonyl (C=O) groups is 1. The van der Waals surface area contributed by atoms with Gasteiger partial charge < -0.3 is 16.0 Å². The lowest BCUT2D eigenvalue weighted by atomic mass is 10.00. The molecule has 6 heteroatoms. The van der Waals surface area contributed by atoms with Gasteiger partial charge in [-0.15, -0.1) is 0 Å². The second-order valence-corrected chi connectivity index (χ2v) is 7.34. The molecule has 0 spiro atoms. The summed E-state index contributed by atoms with van der Waals surface area (Å²) in [6.07, 6.45) is 1.95. The van der Waals surface area contributed by atoms with Crippen molar-refractivity contribution < 1.29 is 4.79 Å². The number of carbonyl (C=O) groups excluding carboxylic acids is 1. The molecule has 2 aromatic carbocycles. The number of rotatable bonds is 4. The number of aryl methyl sites for hydroxylation is 2. The Morgan fingerprint density at radius 2 is 1.96 bits per heavy atom. The third kappa shape index (κ3) is 3.58. The summed E-state index contributed by atoms with van der Waals surface area (Å²) in [6.45, 7) is 5.10. The summed E-state index contributed by atoms with van der Waals surface area (Å²) in [7, 11) is 0. The SMILES string of the molecule is Cc1ccc(-n2nc(C)cc2NC(=O)CN2CCCc3c(N)cccc32)cc1. The first kappa shape index (κ1) is 18.1. The minimum Gasteiger partial charge on any atom is -0.398 e. The summed E-state index contributed by atoms with van der Waals surface area (Å²) in [6, 6.07) is 15.9. The van der Waals surface area contributed by atoms with E-state index in [2.05, 4.69) is 15.3 Å². The van der Waals surface area contributed by atoms with Crippen molar-refractivity contribution in [1.29, 1.82) is 0 Å². The molecule has 1 amide bonds. The van der Waals surface area contributed by atoms with Crippen molar-refractivity contribution in [3.8, 4) is 5.69 Å². The first-order valence-corrected chi connectivity index (χ1v) is 9.57. The van der Waals surface area contributed by atoms with Crippen molar-refractivity contribution >= 4 is 23.1 Å². The van der Waals surface area contributed by atoms with Gasteiger partial charge in [0.05, 0.1) is 17.9 Å². The minimum atomic E-state index is -0.0662. The summed E-state index contributed by atoms with van der Waals surface area (Å²) in [5.41, 5.74) is 12.1. The van der Waals surface area contributed by atoms with Gasteiger partial charge in [-0.25, -0.2) is 4.68 Å². The average Bonchev–Trinajstić information content (AvgIpc) is 3.03. The number of amides is 1. The molecule has 0 fully saturated rings. The average molecular weight is 375 g/mol. The fraction of sp³-hybridized carbons (Fsp3) is 0.273. The van der Waals surface area contributed by atoms with Crippen molar-refractivity contribution in [2.45, 2.75) is 26.7 Å². The maximum atomic E-state index is 12.8. The van der Waals surface area contributed by atoms with E-state index in [0.717, 1.165) is 47.7 Å². The Labute approximate surface area is 165 Å². The van der Waals surface area contributed by atoms with E-state index in [1.807, 2.05) is 62.4 Å². The summed E-state index contributed by atoms with van der Waals surface area (Å²) in [5, 5.41) is 7.56. The van der Waals surface area contributed by atoms with Crippen LogP contribution in [0.1, 0.15) is 23.2 Å². The highest BCUT2D eigenvalue weighted by Crippen LogP contribution is 2.31. The molecule has 1 aliphatic heterocycles. The Morgan fingerprint density at radius 1 is 1.18 bits per heavy atom. The predicted octanol–water partition coefficient (Wildman–Crippen LogP) is 3.46. The molecular weight excluding hydrogens is 350 g/mol. The van der Waals surface area contributed by atoms with E-state index in [0.29, 0.717) is 5.82 Å². The third-order valence-corrected chi connectivity index (χ3v) is 5.10. The van der Waals surface area contributed by atoms with Crippen molar-refractivity contribution in [1.82, 2.24) is 9.78 Å². The van der Waals surface area contributed by atoms with Gasteiger partial charge in [-0.2, -0.15) is 5.10 Å². The molecule has 2 heterocycles. The topological polar surface area (TPSA) is 76.2 Å². The first-order valence-electron chi connectivity index (χ1n) is 9.57. The third-order valence-electron chi connectivity index (χ3n) is 5.10. The van der Waals surface area contributed by atoms with Crippen molar-refractivity contribution in [3.63, 3.8) is 0 Å². The summed E-state index contributed by atoms with van der Waals surface area (Å²) in [5.74, 6) is 0.611. The van der Waals surface area contributed by atoms with Gasteiger partial charge >= 0.3 is 0 Å². The van der Waals surface area contributed by atoms with Crippen LogP contribution >= 0.6 is 0 Å². The molecule has 144 valence electrons. The standard InChI is InChI=1S/C22H25N5O/c1-15-8-10-17(11-9-15)27-21(13-16(2)25-27)24-22(28)14-26-12-4-5-18-19(23)6-3-7-20(18)26/h3,6-11,13H,4-5,12,14,23H2,1-2H3,(H,24,28). The number of aromatic nitrogens is 2. The van der Waals surface area contributed by atoms with Crippen LogP contribution in [0.25, 0.3) is 5.69 Å². The van der Waals surface area contributed by atoms with Gasteiger partial charge in [0.1, 0.15) is 5.82 Å². The lowest BCUT2D eigenvalue weighted by Gasteiger charge is -2.31. The number of nitrogens with zero attached hydrogens (tertiary/aromatic N) is 3. The summed E-state index contributed by atoms with van der Waals surface area (Å²) < 4.78 is 1.77. The zero-order valence-corrected chi connectivity index (χ0v) is 16.3. The smallest absolute Gasteiger partial charge is 0.245 e. The Balaban J connectivity index is 1.53. The molecule has 0 saturated heterocycles. The van der Waals surface area contributed by atoms with Crippen LogP contribution < -0.4 is 16.0 Å². The molecule has 1 aliphatic rings. The van der Waals surface area contributed by atoms with Crippen LogP contribution in [0, 0.1) is 13.8 Å². The van der Waals surface area contributed by atoms with Crippen molar-refractivity contribution in [2.75, 3.05) is 29.0 Å².